The molecule has 0 bridgehead atoms. The molecule has 5 aliphatic rings. The first-order valence-electron chi connectivity index (χ1n) is 20.6. The molecule has 2 fully saturated rings. The molecule has 1 aromatic heterocycles. The molecule has 0 unspecified atom stereocenters. The number of anilines is 2. The Kier molecular flexibility index (Phi) is 10.9. The average molecular weight is 792 g/mol. The van der Waals surface area contributed by atoms with Crippen LogP contribution < -0.4 is 15.0 Å². The summed E-state index contributed by atoms with van der Waals surface area (Å²) >= 11 is 0. The molecule has 6 heterocycles. The number of benzene rings is 2. The first-order chi connectivity index (χ1) is 27.9. The first kappa shape index (κ1) is 39.3. The number of hydrogen-bond donors (Lipinski definition) is 3. The molecular formula is C44H53N7O7. The highest BCUT2D eigenvalue weighted by atomic mass is 16.5. The number of aromatic amines is 1. The number of nitrogens with one attached hydrogen (secondary N) is 2. The van der Waals surface area contributed by atoms with Gasteiger partial charge in [0.05, 0.1) is 54.8 Å². The summed E-state index contributed by atoms with van der Waals surface area (Å²) in [5, 5.41) is 12.0. The zero-order chi connectivity index (χ0) is 40.8. The number of fused-ring (bicyclic) bond motifs is 2. The number of aliphatic imine (C=N–C) groups is 1. The van der Waals surface area contributed by atoms with Gasteiger partial charge in [-0.25, -0.2) is 4.98 Å². The third-order valence-corrected chi connectivity index (χ3v) is 12.4. The molecule has 3 N–H and O–H groups in total. The minimum atomic E-state index is -0.737. The van der Waals surface area contributed by atoms with Crippen molar-refractivity contribution in [3.05, 3.63) is 59.7 Å². The summed E-state index contributed by atoms with van der Waals surface area (Å²) in [6.07, 6.45) is 8.60. The second-order valence-corrected chi connectivity index (χ2v) is 16.8. The standard InChI is InChI=1S/C44H53N7O7/c1-24(2)30(20-39(54)57-5)43(55)50-13-6-8-33(50)31-17-29(21-45-31)26-10-11-34-36(18-26)58-37-19-28(16-27-12-15-49(34)41(27)37)32-22-46-42(47-32)35-9-7-14-51(35)44(56)40(25(3)4)48-38(53)23-52/h10-11,16,18-19,21-22,24-25,30,33,35,40,52H,6-9,12-15,17,20,23H2,1-5H3,(H,46,47)(H,48,53)/t30-,33-,35-,40-/m0/s1. The molecule has 3 aromatic rings. The van der Waals surface area contributed by atoms with Crippen molar-refractivity contribution in [1.29, 1.82) is 0 Å². The molecule has 2 aromatic carbocycles. The maximum absolute atomic E-state index is 13.8. The number of aliphatic hydroxyl groups is 1. The van der Waals surface area contributed by atoms with Gasteiger partial charge < -0.3 is 39.6 Å². The zero-order valence-electron chi connectivity index (χ0n) is 33.9. The van der Waals surface area contributed by atoms with Crippen molar-refractivity contribution in [3.63, 3.8) is 0 Å². The summed E-state index contributed by atoms with van der Waals surface area (Å²) in [6.45, 7) is 9.08. The number of esters is 1. The van der Waals surface area contributed by atoms with Gasteiger partial charge in [0.15, 0.2) is 11.5 Å². The van der Waals surface area contributed by atoms with E-state index in [9.17, 15) is 24.3 Å². The lowest BCUT2D eigenvalue weighted by Crippen LogP contribution is -2.51. The maximum atomic E-state index is 13.8. The van der Waals surface area contributed by atoms with Crippen LogP contribution in [0, 0.1) is 17.8 Å². The van der Waals surface area contributed by atoms with Crippen LogP contribution in [0.15, 0.2) is 47.7 Å². The number of ether oxygens (including phenoxy) is 2. The highest BCUT2D eigenvalue weighted by Crippen LogP contribution is 2.53. The summed E-state index contributed by atoms with van der Waals surface area (Å²) in [7, 11) is 1.36. The second-order valence-electron chi connectivity index (χ2n) is 16.8. The number of imidazole rings is 1. The van der Waals surface area contributed by atoms with Crippen molar-refractivity contribution in [3.8, 4) is 22.8 Å². The summed E-state index contributed by atoms with van der Waals surface area (Å²) in [5.41, 5.74) is 8.10. The van der Waals surface area contributed by atoms with Crippen molar-refractivity contribution in [1.82, 2.24) is 25.1 Å². The van der Waals surface area contributed by atoms with Gasteiger partial charge in [-0.2, -0.15) is 0 Å². The SMILES string of the molecule is COC(=O)C[C@H](C(=O)N1CCC[C@H]1C1=NC=C(c2ccc3c(c2)Oc2cc(-c4cnc([C@@H]5CCCN5C(=O)[C@@H](NC(=O)CO)C(C)C)[nH]4)cc4c2N3CC4)C1)C(C)C. The van der Waals surface area contributed by atoms with E-state index in [4.69, 9.17) is 19.5 Å². The van der Waals surface area contributed by atoms with E-state index in [-0.39, 0.29) is 48.1 Å². The number of rotatable bonds is 12. The van der Waals surface area contributed by atoms with E-state index < -0.39 is 24.5 Å². The number of allylic oxidation sites excluding steroid dienone is 1. The largest absolute Gasteiger partial charge is 0.469 e. The summed E-state index contributed by atoms with van der Waals surface area (Å²) in [5.74, 6) is 0.532. The molecule has 2 saturated heterocycles. The van der Waals surface area contributed by atoms with E-state index in [1.807, 2.05) is 51.1 Å². The number of amides is 3. The Labute approximate surface area is 338 Å². The molecule has 4 atom stereocenters. The lowest BCUT2D eigenvalue weighted by atomic mass is 9.90. The Morgan fingerprint density at radius 1 is 0.948 bits per heavy atom. The van der Waals surface area contributed by atoms with Crippen LogP contribution in [-0.2, 0) is 30.3 Å². The number of carbonyl (C=O) groups is 4. The Morgan fingerprint density at radius 2 is 1.69 bits per heavy atom. The van der Waals surface area contributed by atoms with Gasteiger partial charge in [-0.05, 0) is 84.9 Å². The van der Waals surface area contributed by atoms with E-state index in [0.717, 1.165) is 89.6 Å². The lowest BCUT2D eigenvalue weighted by molar-refractivity contribution is -0.148. The summed E-state index contributed by atoms with van der Waals surface area (Å²) in [6, 6.07) is 9.48. The minimum absolute atomic E-state index is 0.00599. The molecular weight excluding hydrogens is 739 g/mol. The first-order valence-corrected chi connectivity index (χ1v) is 20.6. The monoisotopic (exact) mass is 791 g/mol. The van der Waals surface area contributed by atoms with Gasteiger partial charge in [-0.1, -0.05) is 33.8 Å². The van der Waals surface area contributed by atoms with Crippen LogP contribution in [0.1, 0.15) is 89.2 Å². The van der Waals surface area contributed by atoms with Crippen molar-refractivity contribution >= 4 is 46.4 Å². The fraction of sp³-hybridized carbons (Fsp3) is 0.500. The number of nitrogens with zero attached hydrogens (tertiary/aromatic N) is 5. The quantitative estimate of drug-likeness (QED) is 0.195. The van der Waals surface area contributed by atoms with Crippen LogP contribution in [0.4, 0.5) is 11.4 Å². The number of aliphatic hydroxyl groups excluding tert-OH is 1. The summed E-state index contributed by atoms with van der Waals surface area (Å²) < 4.78 is 11.6. The van der Waals surface area contributed by atoms with Gasteiger partial charge >= 0.3 is 5.97 Å². The summed E-state index contributed by atoms with van der Waals surface area (Å²) in [4.78, 5) is 70.8. The van der Waals surface area contributed by atoms with E-state index in [1.54, 1.807) is 4.90 Å². The molecule has 58 heavy (non-hydrogen) atoms. The molecule has 0 spiro atoms. The average Bonchev–Trinajstić information content (AvgIpc) is 4.06. The minimum Gasteiger partial charge on any atom is -0.469 e. The number of likely N-dealkylation sites (tertiary alicyclic amines) is 2. The van der Waals surface area contributed by atoms with Crippen LogP contribution >= 0.6 is 0 Å². The van der Waals surface area contributed by atoms with E-state index in [0.29, 0.717) is 25.3 Å². The van der Waals surface area contributed by atoms with Crippen LogP contribution in [0.3, 0.4) is 0 Å². The van der Waals surface area contributed by atoms with Gasteiger partial charge in [0.25, 0.3) is 0 Å². The van der Waals surface area contributed by atoms with Crippen LogP contribution in [0.5, 0.6) is 11.5 Å². The predicted octanol–water partition coefficient (Wildman–Crippen LogP) is 5.69. The Bertz CT molecular complexity index is 2190. The topological polar surface area (TPSA) is 170 Å². The van der Waals surface area contributed by atoms with Crippen LogP contribution in [0.2, 0.25) is 0 Å². The fourth-order valence-electron chi connectivity index (χ4n) is 9.29. The predicted molar refractivity (Wildman–Crippen MR) is 219 cm³/mol. The van der Waals surface area contributed by atoms with E-state index >= 15 is 0 Å². The van der Waals surface area contributed by atoms with Crippen molar-refractivity contribution < 1.29 is 33.8 Å². The van der Waals surface area contributed by atoms with Gasteiger partial charge in [-0.3, -0.25) is 24.2 Å². The molecule has 0 saturated carbocycles. The van der Waals surface area contributed by atoms with Gasteiger partial charge in [0.1, 0.15) is 18.5 Å². The number of carbonyl (C=O) groups excluding carboxylic acids is 4. The number of hydrogen-bond acceptors (Lipinski definition) is 10. The zero-order valence-corrected chi connectivity index (χ0v) is 33.9. The Hall–Kier alpha value is -5.50. The van der Waals surface area contributed by atoms with Crippen LogP contribution in [-0.4, -0.2) is 99.7 Å². The van der Waals surface area contributed by atoms with Gasteiger partial charge in [0.2, 0.25) is 17.7 Å². The highest BCUT2D eigenvalue weighted by molar-refractivity contribution is 6.04. The molecule has 306 valence electrons. The normalized spacial score (nSPS) is 20.4. The molecule has 14 nitrogen and oxygen atoms in total. The third-order valence-electron chi connectivity index (χ3n) is 12.4. The number of methoxy groups -OCH3 is 1. The molecule has 5 aliphatic heterocycles. The Balaban J connectivity index is 0.978. The molecule has 14 heteroatoms. The van der Waals surface area contributed by atoms with Crippen molar-refractivity contribution in [2.45, 2.75) is 90.8 Å². The highest BCUT2D eigenvalue weighted by Gasteiger charge is 2.40. The lowest BCUT2D eigenvalue weighted by Gasteiger charge is -2.31. The smallest absolute Gasteiger partial charge is 0.306 e. The molecule has 0 aliphatic carbocycles. The van der Waals surface area contributed by atoms with Gasteiger partial charge in [-0.15, -0.1) is 0 Å². The fourth-order valence-corrected chi connectivity index (χ4v) is 9.29. The maximum Gasteiger partial charge on any atom is 0.306 e. The second kappa shape index (κ2) is 16.0. The molecule has 0 radical (unpaired) electrons. The third kappa shape index (κ3) is 7.27. The van der Waals surface area contributed by atoms with E-state index in [2.05, 4.69) is 39.5 Å². The molecule has 3 amide bonds. The van der Waals surface area contributed by atoms with Crippen LogP contribution in [0.25, 0.3) is 16.8 Å². The number of H-pyrrole nitrogens is 1. The Morgan fingerprint density at radius 3 is 2.41 bits per heavy atom. The molecule has 8 rings (SSSR count). The van der Waals surface area contributed by atoms with Crippen molar-refractivity contribution in [2.24, 2.45) is 22.7 Å². The van der Waals surface area contributed by atoms with E-state index in [1.165, 1.54) is 12.7 Å². The van der Waals surface area contributed by atoms with Crippen molar-refractivity contribution in [2.75, 3.05) is 38.3 Å². The number of aromatic nitrogens is 2. The van der Waals surface area contributed by atoms with Gasteiger partial charge in [0, 0.05) is 43.5 Å².